The lowest BCUT2D eigenvalue weighted by Gasteiger charge is -2.16. The maximum absolute atomic E-state index is 11.6. The van der Waals surface area contributed by atoms with Gasteiger partial charge in [-0.1, -0.05) is 18.2 Å². The fourth-order valence-electron chi connectivity index (χ4n) is 2.22. The van der Waals surface area contributed by atoms with E-state index in [1.165, 1.54) is 4.31 Å². The molecule has 18 heavy (non-hydrogen) atoms. The molecule has 0 N–H and O–H groups in total. The molecule has 5 heteroatoms. The van der Waals surface area contributed by atoms with Crippen LogP contribution in [0.4, 0.5) is 0 Å². The molecule has 1 fully saturated rings. The van der Waals surface area contributed by atoms with Gasteiger partial charge in [0.1, 0.15) is 12.4 Å². The summed E-state index contributed by atoms with van der Waals surface area (Å²) < 4.78 is 30.4. The maximum Gasteiger partial charge on any atom is 0.214 e. The molecule has 1 aromatic carbocycles. The second-order valence-electron chi connectivity index (χ2n) is 4.64. The third-order valence-corrected chi connectivity index (χ3v) is 5.16. The summed E-state index contributed by atoms with van der Waals surface area (Å²) in [5.41, 5.74) is 2.17. The van der Waals surface area contributed by atoms with Crippen molar-refractivity contribution in [2.24, 2.45) is 0 Å². The van der Waals surface area contributed by atoms with Gasteiger partial charge in [0.15, 0.2) is 0 Å². The normalized spacial score (nSPS) is 19.0. The molecule has 1 aliphatic heterocycles. The first kappa shape index (κ1) is 13.4. The molecule has 1 aliphatic rings. The van der Waals surface area contributed by atoms with Crippen molar-refractivity contribution in [1.29, 1.82) is 0 Å². The minimum absolute atomic E-state index is 0.274. The van der Waals surface area contributed by atoms with Crippen molar-refractivity contribution in [3.63, 3.8) is 0 Å². The van der Waals surface area contributed by atoms with Crippen LogP contribution in [-0.4, -0.2) is 38.2 Å². The minimum Gasteiger partial charge on any atom is -0.492 e. The lowest BCUT2D eigenvalue weighted by molar-refractivity contribution is 0.276. The van der Waals surface area contributed by atoms with Crippen LogP contribution in [0.5, 0.6) is 5.75 Å². The molecule has 4 nitrogen and oxygen atoms in total. The van der Waals surface area contributed by atoms with E-state index in [1.54, 1.807) is 0 Å². The Morgan fingerprint density at radius 1 is 1.28 bits per heavy atom. The molecule has 0 atom stereocenters. The molecule has 0 spiro atoms. The third kappa shape index (κ3) is 2.84. The predicted molar refractivity (Wildman–Crippen MR) is 71.4 cm³/mol. The second kappa shape index (κ2) is 5.28. The first-order valence-corrected chi connectivity index (χ1v) is 7.78. The summed E-state index contributed by atoms with van der Waals surface area (Å²) in [7, 11) is -3.01. The van der Waals surface area contributed by atoms with E-state index < -0.39 is 10.0 Å². The van der Waals surface area contributed by atoms with Crippen LogP contribution in [0.3, 0.4) is 0 Å². The Morgan fingerprint density at radius 2 is 1.94 bits per heavy atom. The van der Waals surface area contributed by atoms with Crippen molar-refractivity contribution in [1.82, 2.24) is 4.31 Å². The molecule has 2 rings (SSSR count). The summed E-state index contributed by atoms with van der Waals surface area (Å²) in [6, 6.07) is 5.98. The molecule has 0 aliphatic carbocycles. The molecular weight excluding hydrogens is 250 g/mol. The Balaban J connectivity index is 1.93. The number of hydrogen-bond donors (Lipinski definition) is 0. The van der Waals surface area contributed by atoms with Crippen molar-refractivity contribution in [3.8, 4) is 5.75 Å². The summed E-state index contributed by atoms with van der Waals surface area (Å²) in [6.45, 7) is 5.46. The lowest BCUT2D eigenvalue weighted by atomic mass is 10.1. The standard InChI is InChI=1S/C13H19NO3S/c1-11-5-3-6-12(2)13(11)17-9-8-14-7-4-10-18(14,15)16/h3,5-6H,4,7-10H2,1-2H3. The number of para-hydroxylation sites is 1. The average molecular weight is 269 g/mol. The van der Waals surface area contributed by atoms with Gasteiger partial charge in [0, 0.05) is 13.1 Å². The number of hydrogen-bond acceptors (Lipinski definition) is 3. The highest BCUT2D eigenvalue weighted by Crippen LogP contribution is 2.22. The van der Waals surface area contributed by atoms with Gasteiger partial charge < -0.3 is 4.74 Å². The zero-order valence-corrected chi connectivity index (χ0v) is 11.7. The van der Waals surface area contributed by atoms with E-state index in [-0.39, 0.29) is 5.75 Å². The van der Waals surface area contributed by atoms with Crippen molar-refractivity contribution < 1.29 is 13.2 Å². The molecule has 0 amide bonds. The van der Waals surface area contributed by atoms with Gasteiger partial charge in [-0.3, -0.25) is 0 Å². The highest BCUT2D eigenvalue weighted by molar-refractivity contribution is 7.89. The van der Waals surface area contributed by atoms with Crippen molar-refractivity contribution in [3.05, 3.63) is 29.3 Å². The number of nitrogens with zero attached hydrogens (tertiary/aromatic N) is 1. The highest BCUT2D eigenvalue weighted by Gasteiger charge is 2.27. The number of ether oxygens (including phenoxy) is 1. The molecule has 0 unspecified atom stereocenters. The molecule has 1 saturated heterocycles. The van der Waals surface area contributed by atoms with Crippen LogP contribution in [0.2, 0.25) is 0 Å². The lowest BCUT2D eigenvalue weighted by Crippen LogP contribution is -2.30. The number of aryl methyl sites for hydroxylation is 2. The van der Waals surface area contributed by atoms with E-state index in [0.717, 1.165) is 23.3 Å². The van der Waals surface area contributed by atoms with Crippen LogP contribution in [0.25, 0.3) is 0 Å². The fourth-order valence-corrected chi connectivity index (χ4v) is 3.73. The van der Waals surface area contributed by atoms with Crippen molar-refractivity contribution in [2.75, 3.05) is 25.4 Å². The van der Waals surface area contributed by atoms with Crippen LogP contribution >= 0.6 is 0 Å². The Labute approximate surface area is 109 Å². The van der Waals surface area contributed by atoms with E-state index in [4.69, 9.17) is 4.74 Å². The Hall–Kier alpha value is -1.07. The number of sulfonamides is 1. The average Bonchev–Trinajstić information content (AvgIpc) is 2.62. The summed E-state index contributed by atoms with van der Waals surface area (Å²) in [5.74, 6) is 1.14. The minimum atomic E-state index is -3.01. The smallest absolute Gasteiger partial charge is 0.214 e. The first-order chi connectivity index (χ1) is 8.50. The predicted octanol–water partition coefficient (Wildman–Crippen LogP) is 1.72. The van der Waals surface area contributed by atoms with Gasteiger partial charge in [-0.05, 0) is 31.4 Å². The van der Waals surface area contributed by atoms with Gasteiger partial charge in [0.05, 0.1) is 5.75 Å². The van der Waals surface area contributed by atoms with Gasteiger partial charge in [-0.15, -0.1) is 0 Å². The topological polar surface area (TPSA) is 46.6 Å². The van der Waals surface area contributed by atoms with Crippen LogP contribution in [-0.2, 0) is 10.0 Å². The van der Waals surface area contributed by atoms with Crippen LogP contribution in [0.15, 0.2) is 18.2 Å². The van der Waals surface area contributed by atoms with Crippen LogP contribution in [0, 0.1) is 13.8 Å². The van der Waals surface area contributed by atoms with Gasteiger partial charge in [0.2, 0.25) is 10.0 Å². The molecule has 0 radical (unpaired) electrons. The SMILES string of the molecule is Cc1cccc(C)c1OCCN1CCCS1(=O)=O. The molecule has 1 aromatic rings. The molecule has 0 bridgehead atoms. The van der Waals surface area contributed by atoms with Gasteiger partial charge in [-0.25, -0.2) is 8.42 Å². The highest BCUT2D eigenvalue weighted by atomic mass is 32.2. The Morgan fingerprint density at radius 3 is 2.50 bits per heavy atom. The molecule has 0 aromatic heterocycles. The second-order valence-corrected chi connectivity index (χ2v) is 6.73. The van der Waals surface area contributed by atoms with Gasteiger partial charge in [-0.2, -0.15) is 4.31 Å². The largest absolute Gasteiger partial charge is 0.492 e. The van der Waals surface area contributed by atoms with E-state index in [0.29, 0.717) is 19.7 Å². The monoisotopic (exact) mass is 269 g/mol. The number of benzene rings is 1. The maximum atomic E-state index is 11.6. The van der Waals surface area contributed by atoms with Crippen LogP contribution in [0.1, 0.15) is 17.5 Å². The summed E-state index contributed by atoms with van der Waals surface area (Å²) in [5, 5.41) is 0. The number of rotatable bonds is 4. The van der Waals surface area contributed by atoms with E-state index in [9.17, 15) is 8.42 Å². The van der Waals surface area contributed by atoms with E-state index >= 15 is 0 Å². The van der Waals surface area contributed by atoms with Crippen molar-refractivity contribution in [2.45, 2.75) is 20.3 Å². The quantitative estimate of drug-likeness (QED) is 0.836. The molecule has 1 heterocycles. The molecular formula is C13H19NO3S. The Kier molecular flexibility index (Phi) is 3.92. The first-order valence-electron chi connectivity index (χ1n) is 6.17. The fraction of sp³-hybridized carbons (Fsp3) is 0.538. The summed E-state index contributed by atoms with van der Waals surface area (Å²) in [4.78, 5) is 0. The molecule has 100 valence electrons. The van der Waals surface area contributed by atoms with E-state index in [1.807, 2.05) is 32.0 Å². The zero-order chi connectivity index (χ0) is 13.2. The zero-order valence-electron chi connectivity index (χ0n) is 10.8. The van der Waals surface area contributed by atoms with Gasteiger partial charge in [0.25, 0.3) is 0 Å². The summed E-state index contributed by atoms with van der Waals surface area (Å²) in [6.07, 6.45) is 0.728. The van der Waals surface area contributed by atoms with E-state index in [2.05, 4.69) is 0 Å². The Bertz CT molecular complexity index is 505. The third-order valence-electron chi connectivity index (χ3n) is 3.20. The summed E-state index contributed by atoms with van der Waals surface area (Å²) >= 11 is 0. The molecule has 0 saturated carbocycles. The van der Waals surface area contributed by atoms with Gasteiger partial charge >= 0.3 is 0 Å². The van der Waals surface area contributed by atoms with Crippen molar-refractivity contribution >= 4 is 10.0 Å². The van der Waals surface area contributed by atoms with Crippen LogP contribution < -0.4 is 4.74 Å².